The number of pyridine rings is 1. The van der Waals surface area contributed by atoms with Crippen molar-refractivity contribution in [2.45, 2.75) is 6.92 Å². The van der Waals surface area contributed by atoms with Crippen LogP contribution in [0.1, 0.15) is 15.9 Å². The number of hydrogen-bond acceptors (Lipinski definition) is 3. The molecule has 1 aromatic heterocycles. The Morgan fingerprint density at radius 3 is 2.41 bits per heavy atom. The molecule has 0 spiro atoms. The van der Waals surface area contributed by atoms with Crippen LogP contribution in [0.5, 0.6) is 5.75 Å². The summed E-state index contributed by atoms with van der Waals surface area (Å²) >= 11 is 3.45. The van der Waals surface area contributed by atoms with Gasteiger partial charge in [0.2, 0.25) is 0 Å². The molecule has 27 heavy (non-hydrogen) atoms. The number of aromatic nitrogens is 1. The van der Waals surface area contributed by atoms with E-state index in [1.165, 1.54) is 0 Å². The van der Waals surface area contributed by atoms with E-state index in [-0.39, 0.29) is 0 Å². The fourth-order valence-electron chi connectivity index (χ4n) is 2.93. The van der Waals surface area contributed by atoms with Gasteiger partial charge in [0.15, 0.2) is 0 Å². The molecule has 0 unspecified atom stereocenters. The minimum Gasteiger partial charge on any atom is -0.423 e. The van der Waals surface area contributed by atoms with Crippen molar-refractivity contribution in [3.05, 3.63) is 94.5 Å². The molecule has 1 heterocycles. The molecule has 0 aliphatic heterocycles. The highest BCUT2D eigenvalue weighted by Gasteiger charge is 2.16. The second kappa shape index (κ2) is 7.33. The molecule has 4 rings (SSSR count). The number of aryl methyl sites for hydroxylation is 1. The summed E-state index contributed by atoms with van der Waals surface area (Å²) in [6.45, 7) is 1.99. The van der Waals surface area contributed by atoms with Crippen LogP contribution in [0.25, 0.3) is 22.2 Å². The van der Waals surface area contributed by atoms with E-state index in [2.05, 4.69) is 15.9 Å². The van der Waals surface area contributed by atoms with Crippen LogP contribution in [0.3, 0.4) is 0 Å². The van der Waals surface area contributed by atoms with Crippen LogP contribution in [0.4, 0.5) is 0 Å². The molecule has 4 aromatic rings. The zero-order valence-electron chi connectivity index (χ0n) is 14.6. The summed E-state index contributed by atoms with van der Waals surface area (Å²) in [5.74, 6) is 0.128. The summed E-state index contributed by atoms with van der Waals surface area (Å²) < 4.78 is 6.58. The summed E-state index contributed by atoms with van der Waals surface area (Å²) in [4.78, 5) is 17.7. The third kappa shape index (κ3) is 3.76. The average Bonchev–Trinajstić information content (AvgIpc) is 2.68. The summed E-state index contributed by atoms with van der Waals surface area (Å²) in [5.41, 5.74) is 4.01. The molecule has 3 aromatic carbocycles. The van der Waals surface area contributed by atoms with Gasteiger partial charge in [-0.25, -0.2) is 9.78 Å². The van der Waals surface area contributed by atoms with E-state index in [1.807, 2.05) is 67.6 Å². The van der Waals surface area contributed by atoms with Crippen molar-refractivity contribution in [1.82, 2.24) is 4.98 Å². The van der Waals surface area contributed by atoms with E-state index in [4.69, 9.17) is 9.72 Å². The third-order valence-corrected chi connectivity index (χ3v) is 4.81. The highest BCUT2D eigenvalue weighted by atomic mass is 79.9. The first kappa shape index (κ1) is 17.4. The lowest BCUT2D eigenvalue weighted by Gasteiger charge is -2.11. The number of hydrogen-bond donors (Lipinski definition) is 0. The number of nitrogens with zero attached hydrogens (tertiary/aromatic N) is 1. The number of carbonyl (C=O) groups excluding carboxylic acids is 1. The lowest BCUT2D eigenvalue weighted by molar-refractivity contribution is 0.0737. The van der Waals surface area contributed by atoms with Gasteiger partial charge < -0.3 is 4.74 Å². The molecule has 3 nitrogen and oxygen atoms in total. The molecule has 0 amide bonds. The molecule has 0 aliphatic carbocycles. The smallest absolute Gasteiger partial charge is 0.344 e. The number of rotatable bonds is 3. The van der Waals surface area contributed by atoms with E-state index in [0.29, 0.717) is 11.3 Å². The van der Waals surface area contributed by atoms with Gasteiger partial charge in [0, 0.05) is 15.4 Å². The van der Waals surface area contributed by atoms with Crippen LogP contribution in [-0.4, -0.2) is 11.0 Å². The fourth-order valence-corrected chi connectivity index (χ4v) is 3.19. The van der Waals surface area contributed by atoms with Crippen LogP contribution in [0.2, 0.25) is 0 Å². The zero-order chi connectivity index (χ0) is 18.8. The minimum absolute atomic E-state index is 0.391. The number of para-hydroxylation sites is 1. The van der Waals surface area contributed by atoms with Gasteiger partial charge in [-0.05, 0) is 49.4 Å². The van der Waals surface area contributed by atoms with Gasteiger partial charge in [0.05, 0.1) is 16.8 Å². The van der Waals surface area contributed by atoms with Crippen molar-refractivity contribution >= 4 is 32.8 Å². The van der Waals surface area contributed by atoms with Gasteiger partial charge in [-0.2, -0.15) is 0 Å². The number of carbonyl (C=O) groups is 1. The second-order valence-electron chi connectivity index (χ2n) is 6.29. The van der Waals surface area contributed by atoms with Gasteiger partial charge >= 0.3 is 5.97 Å². The normalized spacial score (nSPS) is 10.7. The lowest BCUT2D eigenvalue weighted by atomic mass is 10.0. The molecule has 0 bridgehead atoms. The van der Waals surface area contributed by atoms with Crippen LogP contribution < -0.4 is 4.74 Å². The first-order chi connectivity index (χ1) is 13.1. The van der Waals surface area contributed by atoms with Gasteiger partial charge in [-0.3, -0.25) is 0 Å². The Labute approximate surface area is 165 Å². The maximum Gasteiger partial charge on any atom is 0.344 e. The molecule has 0 saturated carbocycles. The largest absolute Gasteiger partial charge is 0.423 e. The highest BCUT2D eigenvalue weighted by Crippen LogP contribution is 2.27. The quantitative estimate of drug-likeness (QED) is 0.294. The SMILES string of the molecule is Cc1ccc2nc(-c3ccc(Br)cc3)cc(C(=O)Oc3ccccc3)c2c1. The molecule has 0 aliphatic rings. The summed E-state index contributed by atoms with van der Waals surface area (Å²) in [6, 6.07) is 24.6. The maximum absolute atomic E-state index is 12.9. The van der Waals surface area contributed by atoms with Crippen LogP contribution in [0.15, 0.2) is 83.3 Å². The Bertz CT molecular complexity index is 1120. The Morgan fingerprint density at radius 1 is 0.926 bits per heavy atom. The molecule has 0 radical (unpaired) electrons. The number of esters is 1. The minimum atomic E-state index is -0.391. The molecule has 0 atom stereocenters. The Balaban J connectivity index is 1.84. The van der Waals surface area contributed by atoms with Crippen LogP contribution in [-0.2, 0) is 0 Å². The Morgan fingerprint density at radius 2 is 1.67 bits per heavy atom. The Hall–Kier alpha value is -2.98. The van der Waals surface area contributed by atoms with Crippen molar-refractivity contribution in [2.75, 3.05) is 0 Å². The Kier molecular flexibility index (Phi) is 4.73. The topological polar surface area (TPSA) is 39.2 Å². The predicted molar refractivity (Wildman–Crippen MR) is 111 cm³/mol. The van der Waals surface area contributed by atoms with Gasteiger partial charge in [-0.15, -0.1) is 0 Å². The molecule has 4 heteroatoms. The number of halogens is 1. The van der Waals surface area contributed by atoms with Crippen molar-refractivity contribution in [2.24, 2.45) is 0 Å². The van der Waals surface area contributed by atoms with Crippen LogP contribution >= 0.6 is 15.9 Å². The van der Waals surface area contributed by atoms with Crippen molar-refractivity contribution in [1.29, 1.82) is 0 Å². The third-order valence-electron chi connectivity index (χ3n) is 4.28. The molecule has 132 valence electrons. The van der Waals surface area contributed by atoms with E-state index in [9.17, 15) is 4.79 Å². The molecular formula is C23H16BrNO2. The number of benzene rings is 3. The first-order valence-corrected chi connectivity index (χ1v) is 9.34. The van der Waals surface area contributed by atoms with Crippen molar-refractivity contribution < 1.29 is 9.53 Å². The second-order valence-corrected chi connectivity index (χ2v) is 7.20. The molecule has 0 saturated heterocycles. The number of fused-ring (bicyclic) bond motifs is 1. The first-order valence-electron chi connectivity index (χ1n) is 8.55. The zero-order valence-corrected chi connectivity index (χ0v) is 16.2. The highest BCUT2D eigenvalue weighted by molar-refractivity contribution is 9.10. The summed E-state index contributed by atoms with van der Waals surface area (Å²) in [5, 5.41) is 0.789. The van der Waals surface area contributed by atoms with E-state index in [0.717, 1.165) is 32.2 Å². The van der Waals surface area contributed by atoms with Gasteiger partial charge in [-0.1, -0.05) is 57.9 Å². The molecule has 0 N–H and O–H groups in total. The standard InChI is InChI=1S/C23H16BrNO2/c1-15-7-12-21-19(13-15)20(23(26)27-18-5-3-2-4-6-18)14-22(25-21)16-8-10-17(24)11-9-16/h2-14H,1H3. The van der Waals surface area contributed by atoms with E-state index < -0.39 is 5.97 Å². The average molecular weight is 418 g/mol. The fraction of sp³-hybridized carbons (Fsp3) is 0.0435. The summed E-state index contributed by atoms with van der Waals surface area (Å²) in [7, 11) is 0. The van der Waals surface area contributed by atoms with Crippen molar-refractivity contribution in [3.8, 4) is 17.0 Å². The van der Waals surface area contributed by atoms with Gasteiger partial charge in [0.25, 0.3) is 0 Å². The van der Waals surface area contributed by atoms with Crippen molar-refractivity contribution in [3.63, 3.8) is 0 Å². The molecule has 0 fully saturated rings. The lowest BCUT2D eigenvalue weighted by Crippen LogP contribution is -2.10. The van der Waals surface area contributed by atoms with Crippen LogP contribution in [0, 0.1) is 6.92 Å². The monoisotopic (exact) mass is 417 g/mol. The maximum atomic E-state index is 12.9. The molecular weight excluding hydrogens is 402 g/mol. The number of ether oxygens (including phenoxy) is 1. The van der Waals surface area contributed by atoms with Gasteiger partial charge in [0.1, 0.15) is 5.75 Å². The van der Waals surface area contributed by atoms with E-state index >= 15 is 0 Å². The predicted octanol–water partition coefficient (Wildman–Crippen LogP) is 6.19. The van der Waals surface area contributed by atoms with E-state index in [1.54, 1.807) is 18.2 Å². The summed E-state index contributed by atoms with van der Waals surface area (Å²) in [6.07, 6.45) is 0.